The minimum atomic E-state index is -0.154. The van der Waals surface area contributed by atoms with Crippen molar-refractivity contribution in [1.29, 1.82) is 0 Å². The number of nitrogens with one attached hydrogen (secondary N) is 1. The number of hydrogen-bond acceptors (Lipinski definition) is 3. The van der Waals surface area contributed by atoms with Crippen molar-refractivity contribution >= 4 is 11.9 Å². The molecule has 1 N–H and O–H groups in total. The molecule has 0 unspecified atom stereocenters. The van der Waals surface area contributed by atoms with Crippen LogP contribution in [-0.4, -0.2) is 59.4 Å². The second-order valence-electron chi connectivity index (χ2n) is 7.72. The lowest BCUT2D eigenvalue weighted by atomic mass is 9.85. The lowest BCUT2D eigenvalue weighted by molar-refractivity contribution is -0.132. The first-order valence-corrected chi connectivity index (χ1v) is 9.19. The lowest BCUT2D eigenvalue weighted by Gasteiger charge is -2.28. The molecule has 0 bridgehead atoms. The van der Waals surface area contributed by atoms with E-state index in [1.54, 1.807) is 12.4 Å². The van der Waals surface area contributed by atoms with Gasteiger partial charge in [0.1, 0.15) is 0 Å². The van der Waals surface area contributed by atoms with Crippen LogP contribution in [0.2, 0.25) is 0 Å². The highest BCUT2D eigenvalue weighted by atomic mass is 16.2. The van der Waals surface area contributed by atoms with Crippen molar-refractivity contribution in [3.05, 3.63) is 30.1 Å². The number of urea groups is 1. The first-order chi connectivity index (χ1) is 12.0. The maximum atomic E-state index is 12.6. The number of carbonyl (C=O) groups excluding carboxylic acids is 2. The van der Waals surface area contributed by atoms with E-state index in [-0.39, 0.29) is 23.3 Å². The molecule has 2 heterocycles. The zero-order chi connectivity index (χ0) is 17.9. The van der Waals surface area contributed by atoms with Gasteiger partial charge in [0.25, 0.3) is 0 Å². The first-order valence-electron chi connectivity index (χ1n) is 9.19. The summed E-state index contributed by atoms with van der Waals surface area (Å²) in [5.41, 5.74) is 0.998. The molecule has 1 aliphatic carbocycles. The summed E-state index contributed by atoms with van der Waals surface area (Å²) in [6.07, 6.45) is 6.46. The van der Waals surface area contributed by atoms with Gasteiger partial charge in [-0.25, -0.2) is 4.79 Å². The van der Waals surface area contributed by atoms with Crippen LogP contribution in [0.4, 0.5) is 4.79 Å². The molecule has 1 aromatic rings. The van der Waals surface area contributed by atoms with Gasteiger partial charge in [-0.2, -0.15) is 0 Å². The normalized spacial score (nSPS) is 18.6. The zero-order valence-corrected chi connectivity index (χ0v) is 15.2. The first kappa shape index (κ1) is 17.7. The molecule has 0 spiro atoms. The summed E-state index contributed by atoms with van der Waals surface area (Å²) in [5.74, 6) is 0.530. The Labute approximate surface area is 149 Å². The SMILES string of the molecule is CC(C)(CNC(=O)N1CCCN(C(=O)C2CC2)CC1)c1ccncc1. The van der Waals surface area contributed by atoms with Gasteiger partial charge in [-0.05, 0) is 37.0 Å². The molecule has 0 atom stereocenters. The topological polar surface area (TPSA) is 65.5 Å². The van der Waals surface area contributed by atoms with Crippen LogP contribution in [0.25, 0.3) is 0 Å². The van der Waals surface area contributed by atoms with Crippen molar-refractivity contribution in [2.24, 2.45) is 5.92 Å². The van der Waals surface area contributed by atoms with Crippen molar-refractivity contribution in [3.63, 3.8) is 0 Å². The smallest absolute Gasteiger partial charge is 0.317 e. The van der Waals surface area contributed by atoms with Gasteiger partial charge >= 0.3 is 6.03 Å². The Morgan fingerprint density at radius 1 is 1.12 bits per heavy atom. The van der Waals surface area contributed by atoms with Gasteiger partial charge in [-0.3, -0.25) is 9.78 Å². The number of aromatic nitrogens is 1. The molecule has 136 valence electrons. The molecule has 1 saturated heterocycles. The van der Waals surface area contributed by atoms with Crippen LogP contribution in [0.15, 0.2) is 24.5 Å². The van der Waals surface area contributed by atoms with Crippen LogP contribution in [0.3, 0.4) is 0 Å². The van der Waals surface area contributed by atoms with E-state index in [2.05, 4.69) is 24.1 Å². The molecule has 0 radical (unpaired) electrons. The molecule has 1 aromatic heterocycles. The van der Waals surface area contributed by atoms with Crippen LogP contribution in [-0.2, 0) is 10.2 Å². The summed E-state index contributed by atoms with van der Waals surface area (Å²) in [4.78, 5) is 32.6. The van der Waals surface area contributed by atoms with Crippen LogP contribution in [0, 0.1) is 5.92 Å². The minimum Gasteiger partial charge on any atom is -0.341 e. The van der Waals surface area contributed by atoms with Crippen LogP contribution < -0.4 is 5.32 Å². The van der Waals surface area contributed by atoms with E-state index in [4.69, 9.17) is 0 Å². The second-order valence-corrected chi connectivity index (χ2v) is 7.72. The Hall–Kier alpha value is -2.11. The highest BCUT2D eigenvalue weighted by Crippen LogP contribution is 2.31. The third-order valence-corrected chi connectivity index (χ3v) is 5.16. The highest BCUT2D eigenvalue weighted by molar-refractivity contribution is 5.81. The van der Waals surface area contributed by atoms with Gasteiger partial charge < -0.3 is 15.1 Å². The molecule has 2 aliphatic rings. The van der Waals surface area contributed by atoms with Crippen LogP contribution >= 0.6 is 0 Å². The number of pyridine rings is 1. The molecule has 3 amide bonds. The Bertz CT molecular complexity index is 613. The summed E-state index contributed by atoms with van der Waals surface area (Å²) in [5, 5.41) is 3.06. The van der Waals surface area contributed by atoms with E-state index in [0.29, 0.717) is 26.2 Å². The minimum absolute atomic E-state index is 0.0390. The Morgan fingerprint density at radius 3 is 2.44 bits per heavy atom. The summed E-state index contributed by atoms with van der Waals surface area (Å²) in [7, 11) is 0. The molecule has 3 rings (SSSR count). The van der Waals surface area contributed by atoms with E-state index in [0.717, 1.165) is 31.4 Å². The quantitative estimate of drug-likeness (QED) is 0.909. The number of carbonyl (C=O) groups is 2. The van der Waals surface area contributed by atoms with E-state index >= 15 is 0 Å². The van der Waals surface area contributed by atoms with Gasteiger partial charge in [0, 0.05) is 56.5 Å². The summed E-state index contributed by atoms with van der Waals surface area (Å²) < 4.78 is 0. The molecule has 6 nitrogen and oxygen atoms in total. The largest absolute Gasteiger partial charge is 0.341 e. The Morgan fingerprint density at radius 2 is 1.76 bits per heavy atom. The van der Waals surface area contributed by atoms with E-state index in [1.807, 2.05) is 21.9 Å². The fraction of sp³-hybridized carbons (Fsp3) is 0.632. The van der Waals surface area contributed by atoms with Gasteiger partial charge in [0.2, 0.25) is 5.91 Å². The zero-order valence-electron chi connectivity index (χ0n) is 15.2. The molecule has 0 aromatic carbocycles. The molecule has 2 fully saturated rings. The highest BCUT2D eigenvalue weighted by Gasteiger charge is 2.34. The molecule has 1 saturated carbocycles. The summed E-state index contributed by atoms with van der Waals surface area (Å²) in [6, 6.07) is 3.93. The average molecular weight is 344 g/mol. The van der Waals surface area contributed by atoms with Crippen LogP contribution in [0.1, 0.15) is 38.7 Å². The van der Waals surface area contributed by atoms with Gasteiger partial charge in [0.05, 0.1) is 0 Å². The Balaban J connectivity index is 1.50. The summed E-state index contributed by atoms with van der Waals surface area (Å²) in [6.45, 7) is 7.52. The lowest BCUT2D eigenvalue weighted by Crippen LogP contribution is -2.46. The van der Waals surface area contributed by atoms with Crippen molar-refractivity contribution in [2.45, 2.75) is 38.5 Å². The van der Waals surface area contributed by atoms with Crippen molar-refractivity contribution in [1.82, 2.24) is 20.1 Å². The monoisotopic (exact) mass is 344 g/mol. The molecular weight excluding hydrogens is 316 g/mol. The molecule has 1 aliphatic heterocycles. The van der Waals surface area contributed by atoms with Gasteiger partial charge in [0.15, 0.2) is 0 Å². The fourth-order valence-corrected chi connectivity index (χ4v) is 3.24. The third-order valence-electron chi connectivity index (χ3n) is 5.16. The fourth-order valence-electron chi connectivity index (χ4n) is 3.24. The van der Waals surface area contributed by atoms with E-state index in [9.17, 15) is 9.59 Å². The predicted octanol–water partition coefficient (Wildman–Crippen LogP) is 2.01. The third kappa shape index (κ3) is 4.50. The standard InChI is InChI=1S/C19H28N4O2/c1-19(2,16-6-8-20-9-7-16)14-21-18(25)23-11-3-10-22(12-13-23)17(24)15-4-5-15/h6-9,15H,3-5,10-14H2,1-2H3,(H,21,25). The molecular formula is C19H28N4O2. The van der Waals surface area contributed by atoms with Gasteiger partial charge in [-0.1, -0.05) is 13.8 Å². The average Bonchev–Trinajstić information content (AvgIpc) is 3.46. The maximum Gasteiger partial charge on any atom is 0.317 e. The van der Waals surface area contributed by atoms with E-state index in [1.165, 1.54) is 0 Å². The molecule has 6 heteroatoms. The van der Waals surface area contributed by atoms with Crippen molar-refractivity contribution < 1.29 is 9.59 Å². The Kier molecular flexibility index (Phi) is 5.25. The van der Waals surface area contributed by atoms with E-state index < -0.39 is 0 Å². The number of nitrogens with zero attached hydrogens (tertiary/aromatic N) is 3. The van der Waals surface area contributed by atoms with Gasteiger partial charge in [-0.15, -0.1) is 0 Å². The van der Waals surface area contributed by atoms with Crippen molar-refractivity contribution in [3.8, 4) is 0 Å². The summed E-state index contributed by atoms with van der Waals surface area (Å²) >= 11 is 0. The predicted molar refractivity (Wildman–Crippen MR) is 96.2 cm³/mol. The maximum absolute atomic E-state index is 12.6. The second kappa shape index (κ2) is 7.42. The molecule has 25 heavy (non-hydrogen) atoms. The number of rotatable bonds is 4. The number of hydrogen-bond donors (Lipinski definition) is 1. The number of amides is 3. The van der Waals surface area contributed by atoms with Crippen LogP contribution in [0.5, 0.6) is 0 Å². The van der Waals surface area contributed by atoms with Crippen molar-refractivity contribution in [2.75, 3.05) is 32.7 Å².